The van der Waals surface area contributed by atoms with Crippen molar-refractivity contribution >= 4 is 11.8 Å². The second-order valence-electron chi connectivity index (χ2n) is 6.99. The van der Waals surface area contributed by atoms with Gasteiger partial charge in [-0.25, -0.2) is 4.39 Å². The molecule has 1 unspecified atom stereocenters. The predicted molar refractivity (Wildman–Crippen MR) is 107 cm³/mol. The summed E-state index contributed by atoms with van der Waals surface area (Å²) in [5.74, 6) is -1.69. The molecular formula is C22H26FN3O3. The molecule has 0 aromatic heterocycles. The van der Waals surface area contributed by atoms with Crippen molar-refractivity contribution in [3.05, 3.63) is 71.5 Å². The highest BCUT2D eigenvalue weighted by atomic mass is 19.1. The normalized spacial score (nSPS) is 16.9. The summed E-state index contributed by atoms with van der Waals surface area (Å²) in [6, 6.07) is 15.9. The molecule has 0 spiro atoms. The van der Waals surface area contributed by atoms with Crippen LogP contribution in [0.1, 0.15) is 23.7 Å². The van der Waals surface area contributed by atoms with Crippen molar-refractivity contribution in [2.45, 2.75) is 19.1 Å². The van der Waals surface area contributed by atoms with E-state index in [9.17, 15) is 14.0 Å². The van der Waals surface area contributed by atoms with E-state index in [4.69, 9.17) is 4.74 Å². The molecule has 1 aliphatic rings. The van der Waals surface area contributed by atoms with E-state index in [1.807, 2.05) is 18.2 Å². The Bertz CT molecular complexity index is 799. The van der Waals surface area contributed by atoms with Gasteiger partial charge in [0, 0.05) is 32.7 Å². The first-order chi connectivity index (χ1) is 14.1. The van der Waals surface area contributed by atoms with E-state index in [-0.39, 0.29) is 18.5 Å². The lowest BCUT2D eigenvalue weighted by Gasteiger charge is -2.33. The third kappa shape index (κ3) is 6.66. The van der Waals surface area contributed by atoms with Crippen molar-refractivity contribution < 1.29 is 18.7 Å². The van der Waals surface area contributed by atoms with Crippen LogP contribution in [0, 0.1) is 5.82 Å². The summed E-state index contributed by atoms with van der Waals surface area (Å²) in [4.78, 5) is 26.1. The lowest BCUT2D eigenvalue weighted by molar-refractivity contribution is -0.139. The minimum absolute atomic E-state index is 0.0665. The standard InChI is InChI=1S/C22H26FN3O3/c23-19-9-7-17(8-10-19)15-25-22(28)21(27)24-11-4-12-26-13-14-29-20(16-26)18-5-2-1-3-6-18/h1-3,5-10,20H,4,11-16H2,(H,24,27)(H,25,28). The van der Waals surface area contributed by atoms with Crippen LogP contribution in [0.3, 0.4) is 0 Å². The van der Waals surface area contributed by atoms with Gasteiger partial charge in [0.1, 0.15) is 5.82 Å². The molecule has 0 saturated carbocycles. The van der Waals surface area contributed by atoms with Gasteiger partial charge in [0.25, 0.3) is 0 Å². The number of morpholine rings is 1. The highest BCUT2D eigenvalue weighted by molar-refractivity contribution is 6.35. The van der Waals surface area contributed by atoms with Gasteiger partial charge in [0.2, 0.25) is 0 Å². The van der Waals surface area contributed by atoms with E-state index in [0.29, 0.717) is 13.2 Å². The first-order valence-corrected chi connectivity index (χ1v) is 9.81. The summed E-state index contributed by atoms with van der Waals surface area (Å²) in [6.45, 7) is 3.78. The number of rotatable bonds is 7. The number of ether oxygens (including phenoxy) is 1. The molecule has 1 fully saturated rings. The van der Waals surface area contributed by atoms with Crippen LogP contribution in [0.15, 0.2) is 54.6 Å². The number of halogens is 1. The Morgan fingerprint density at radius 1 is 1.03 bits per heavy atom. The van der Waals surface area contributed by atoms with Gasteiger partial charge in [-0.2, -0.15) is 0 Å². The quantitative estimate of drug-likeness (QED) is 0.552. The molecule has 1 saturated heterocycles. The fourth-order valence-corrected chi connectivity index (χ4v) is 3.22. The fourth-order valence-electron chi connectivity index (χ4n) is 3.22. The highest BCUT2D eigenvalue weighted by Gasteiger charge is 2.21. The Balaban J connectivity index is 1.32. The molecule has 0 aliphatic carbocycles. The molecule has 2 amide bonds. The second-order valence-corrected chi connectivity index (χ2v) is 6.99. The molecule has 7 heteroatoms. The summed E-state index contributed by atoms with van der Waals surface area (Å²) >= 11 is 0. The Labute approximate surface area is 170 Å². The topological polar surface area (TPSA) is 70.7 Å². The number of amides is 2. The van der Waals surface area contributed by atoms with E-state index < -0.39 is 11.8 Å². The number of hydrogen-bond donors (Lipinski definition) is 2. The number of benzene rings is 2. The van der Waals surface area contributed by atoms with E-state index in [1.54, 1.807) is 12.1 Å². The van der Waals surface area contributed by atoms with Crippen LogP contribution in [0.4, 0.5) is 4.39 Å². The average Bonchev–Trinajstić information content (AvgIpc) is 2.77. The van der Waals surface area contributed by atoms with Crippen molar-refractivity contribution in [3.8, 4) is 0 Å². The second kappa shape index (κ2) is 10.7. The van der Waals surface area contributed by atoms with Gasteiger partial charge in [-0.1, -0.05) is 42.5 Å². The lowest BCUT2D eigenvalue weighted by Crippen LogP contribution is -2.42. The van der Waals surface area contributed by atoms with Crippen molar-refractivity contribution in [2.75, 3.05) is 32.8 Å². The van der Waals surface area contributed by atoms with Crippen LogP contribution in [-0.4, -0.2) is 49.5 Å². The lowest BCUT2D eigenvalue weighted by atomic mass is 10.1. The SMILES string of the molecule is O=C(NCCCN1CCOC(c2ccccc2)C1)C(=O)NCc1ccc(F)cc1. The predicted octanol–water partition coefficient (Wildman–Crippen LogP) is 2.02. The number of hydrogen-bond acceptors (Lipinski definition) is 4. The monoisotopic (exact) mass is 399 g/mol. The molecule has 3 rings (SSSR count). The van der Waals surface area contributed by atoms with Crippen LogP contribution in [0.5, 0.6) is 0 Å². The minimum Gasteiger partial charge on any atom is -0.371 e. The maximum Gasteiger partial charge on any atom is 0.309 e. The Hall–Kier alpha value is -2.77. The summed E-state index contributed by atoms with van der Waals surface area (Å²) in [5, 5.41) is 5.17. The van der Waals surface area contributed by atoms with Gasteiger partial charge in [-0.15, -0.1) is 0 Å². The molecule has 6 nitrogen and oxygen atoms in total. The van der Waals surface area contributed by atoms with Crippen molar-refractivity contribution in [3.63, 3.8) is 0 Å². The van der Waals surface area contributed by atoms with Crippen LogP contribution in [0.2, 0.25) is 0 Å². The van der Waals surface area contributed by atoms with Gasteiger partial charge < -0.3 is 15.4 Å². The number of nitrogens with zero attached hydrogens (tertiary/aromatic N) is 1. The molecule has 1 heterocycles. The first-order valence-electron chi connectivity index (χ1n) is 9.81. The van der Waals surface area contributed by atoms with E-state index in [1.165, 1.54) is 17.7 Å². The third-order valence-corrected chi connectivity index (χ3v) is 4.83. The largest absolute Gasteiger partial charge is 0.371 e. The maximum absolute atomic E-state index is 12.9. The zero-order valence-corrected chi connectivity index (χ0v) is 16.3. The van der Waals surface area contributed by atoms with Crippen LogP contribution >= 0.6 is 0 Å². The zero-order chi connectivity index (χ0) is 20.5. The minimum atomic E-state index is -0.690. The number of nitrogens with one attached hydrogen (secondary N) is 2. The highest BCUT2D eigenvalue weighted by Crippen LogP contribution is 2.21. The van der Waals surface area contributed by atoms with Crippen LogP contribution in [-0.2, 0) is 20.9 Å². The van der Waals surface area contributed by atoms with Gasteiger partial charge in [0.05, 0.1) is 12.7 Å². The molecule has 1 aliphatic heterocycles. The third-order valence-electron chi connectivity index (χ3n) is 4.83. The van der Waals surface area contributed by atoms with Gasteiger partial charge in [-0.3, -0.25) is 14.5 Å². The molecule has 154 valence electrons. The van der Waals surface area contributed by atoms with Gasteiger partial charge in [0.15, 0.2) is 0 Å². The van der Waals surface area contributed by atoms with Crippen molar-refractivity contribution in [1.82, 2.24) is 15.5 Å². The molecule has 2 aromatic carbocycles. The van der Waals surface area contributed by atoms with Crippen molar-refractivity contribution in [1.29, 1.82) is 0 Å². The molecule has 29 heavy (non-hydrogen) atoms. The summed E-state index contributed by atoms with van der Waals surface area (Å²) < 4.78 is 18.7. The van der Waals surface area contributed by atoms with E-state index in [0.717, 1.165) is 31.6 Å². The zero-order valence-electron chi connectivity index (χ0n) is 16.3. The maximum atomic E-state index is 12.9. The van der Waals surface area contributed by atoms with Crippen LogP contribution in [0.25, 0.3) is 0 Å². The summed E-state index contributed by atoms with van der Waals surface area (Å²) in [7, 11) is 0. The van der Waals surface area contributed by atoms with Gasteiger partial charge in [-0.05, 0) is 29.7 Å². The molecule has 2 N–H and O–H groups in total. The van der Waals surface area contributed by atoms with Crippen molar-refractivity contribution in [2.24, 2.45) is 0 Å². The molecule has 1 atom stereocenters. The smallest absolute Gasteiger partial charge is 0.309 e. The number of carbonyl (C=O) groups is 2. The molecular weight excluding hydrogens is 373 g/mol. The van der Waals surface area contributed by atoms with Gasteiger partial charge >= 0.3 is 11.8 Å². The molecule has 2 aromatic rings. The van der Waals surface area contributed by atoms with E-state index in [2.05, 4.69) is 27.7 Å². The Morgan fingerprint density at radius 3 is 2.52 bits per heavy atom. The summed E-state index contributed by atoms with van der Waals surface area (Å²) in [6.07, 6.45) is 0.815. The Kier molecular flexibility index (Phi) is 7.72. The molecule has 0 radical (unpaired) electrons. The van der Waals surface area contributed by atoms with Crippen LogP contribution < -0.4 is 10.6 Å². The first kappa shape index (κ1) is 21.0. The number of carbonyl (C=O) groups excluding carboxylic acids is 2. The summed E-state index contributed by atoms with van der Waals surface area (Å²) in [5.41, 5.74) is 1.90. The Morgan fingerprint density at radius 2 is 1.76 bits per heavy atom. The van der Waals surface area contributed by atoms with E-state index >= 15 is 0 Å². The fraction of sp³-hybridized carbons (Fsp3) is 0.364. The molecule has 0 bridgehead atoms. The average molecular weight is 399 g/mol.